The monoisotopic (exact) mass is 297 g/mol. The molecule has 1 atom stereocenters. The Morgan fingerprint density at radius 1 is 1.00 bits per heavy atom. The van der Waals surface area contributed by atoms with Crippen LogP contribution in [0, 0.1) is 0 Å². The van der Waals surface area contributed by atoms with Gasteiger partial charge in [0.25, 0.3) is 0 Å². The normalized spacial score (nSPS) is 12.9. The molecule has 3 aromatic rings. The van der Waals surface area contributed by atoms with Crippen molar-refractivity contribution in [2.75, 3.05) is 0 Å². The van der Waals surface area contributed by atoms with E-state index in [-0.39, 0.29) is 5.37 Å². The zero-order valence-corrected chi connectivity index (χ0v) is 13.1. The van der Waals surface area contributed by atoms with Crippen LogP contribution < -0.4 is 0 Å². The number of para-hydroxylation sites is 1. The highest BCUT2D eigenvalue weighted by molar-refractivity contribution is 7.99. The van der Waals surface area contributed by atoms with Gasteiger partial charge in [-0.15, -0.1) is 16.9 Å². The van der Waals surface area contributed by atoms with Gasteiger partial charge >= 0.3 is 0 Å². The minimum atomic E-state index is 0.264. The molecule has 0 saturated heterocycles. The minimum absolute atomic E-state index is 0.264. The first-order valence-corrected chi connectivity index (χ1v) is 8.17. The van der Waals surface area contributed by atoms with Gasteiger partial charge in [-0.2, -0.15) is 0 Å². The maximum Gasteiger partial charge on any atom is 0.113 e. The molecule has 0 fully saturated rings. The van der Waals surface area contributed by atoms with Gasteiger partial charge in [-0.05, 0) is 17.7 Å². The SMILES string of the molecule is CC(C)SC(Cc1ccccc1)n1nnc2ccccc21. The molecule has 108 valence electrons. The van der Waals surface area contributed by atoms with Crippen LogP contribution in [-0.2, 0) is 6.42 Å². The van der Waals surface area contributed by atoms with Crippen molar-refractivity contribution < 1.29 is 0 Å². The van der Waals surface area contributed by atoms with Gasteiger partial charge in [-0.25, -0.2) is 4.68 Å². The van der Waals surface area contributed by atoms with E-state index in [4.69, 9.17) is 0 Å². The topological polar surface area (TPSA) is 30.7 Å². The summed E-state index contributed by atoms with van der Waals surface area (Å²) >= 11 is 1.93. The van der Waals surface area contributed by atoms with Crippen LogP contribution >= 0.6 is 11.8 Å². The summed E-state index contributed by atoms with van der Waals surface area (Å²) < 4.78 is 2.06. The van der Waals surface area contributed by atoms with Gasteiger partial charge < -0.3 is 0 Å². The zero-order valence-electron chi connectivity index (χ0n) is 12.3. The van der Waals surface area contributed by atoms with Gasteiger partial charge in [-0.3, -0.25) is 0 Å². The Bertz CT molecular complexity index is 706. The molecular weight excluding hydrogens is 278 g/mol. The van der Waals surface area contributed by atoms with Crippen molar-refractivity contribution in [2.24, 2.45) is 0 Å². The Morgan fingerprint density at radius 3 is 2.48 bits per heavy atom. The molecule has 0 spiro atoms. The third kappa shape index (κ3) is 3.27. The van der Waals surface area contributed by atoms with E-state index in [0.717, 1.165) is 17.5 Å². The summed E-state index contributed by atoms with van der Waals surface area (Å²) in [6.45, 7) is 4.45. The molecule has 21 heavy (non-hydrogen) atoms. The van der Waals surface area contributed by atoms with Crippen LogP contribution in [0.3, 0.4) is 0 Å². The first kappa shape index (κ1) is 14.1. The second-order valence-corrected chi connectivity index (χ2v) is 7.11. The number of nitrogens with zero attached hydrogens (tertiary/aromatic N) is 3. The number of fused-ring (bicyclic) bond motifs is 1. The molecule has 1 heterocycles. The van der Waals surface area contributed by atoms with Crippen molar-refractivity contribution in [3.8, 4) is 0 Å². The molecular formula is C17H19N3S. The average Bonchev–Trinajstić information content (AvgIpc) is 2.91. The van der Waals surface area contributed by atoms with Crippen molar-refractivity contribution in [1.29, 1.82) is 0 Å². The summed E-state index contributed by atoms with van der Waals surface area (Å²) in [5.74, 6) is 0. The minimum Gasteiger partial charge on any atom is -0.231 e. The predicted octanol–water partition coefficient (Wildman–Crippen LogP) is 4.31. The van der Waals surface area contributed by atoms with Gasteiger partial charge in [0.2, 0.25) is 0 Å². The number of thioether (sulfide) groups is 1. The summed E-state index contributed by atoms with van der Waals surface area (Å²) in [6.07, 6.45) is 0.955. The molecule has 0 bridgehead atoms. The van der Waals surface area contributed by atoms with Crippen LogP contribution in [0.2, 0.25) is 0 Å². The van der Waals surface area contributed by atoms with Gasteiger partial charge in [0, 0.05) is 11.7 Å². The first-order chi connectivity index (χ1) is 10.2. The highest BCUT2D eigenvalue weighted by Crippen LogP contribution is 2.32. The van der Waals surface area contributed by atoms with Crippen LogP contribution in [0.4, 0.5) is 0 Å². The summed E-state index contributed by atoms with van der Waals surface area (Å²) in [7, 11) is 0. The number of hydrogen-bond donors (Lipinski definition) is 0. The van der Waals surface area contributed by atoms with Crippen LogP contribution in [0.5, 0.6) is 0 Å². The Morgan fingerprint density at radius 2 is 1.71 bits per heavy atom. The molecule has 0 aliphatic carbocycles. The average molecular weight is 297 g/mol. The summed E-state index contributed by atoms with van der Waals surface area (Å²) in [4.78, 5) is 0. The van der Waals surface area contributed by atoms with Gasteiger partial charge in [0.1, 0.15) is 10.9 Å². The Balaban J connectivity index is 1.95. The Hall–Kier alpha value is -1.81. The van der Waals surface area contributed by atoms with Crippen LogP contribution in [0.1, 0.15) is 24.8 Å². The van der Waals surface area contributed by atoms with Crippen LogP contribution in [0.15, 0.2) is 54.6 Å². The molecule has 0 aliphatic heterocycles. The number of benzene rings is 2. The molecule has 0 N–H and O–H groups in total. The molecule has 0 amide bonds. The number of rotatable bonds is 5. The summed E-state index contributed by atoms with van der Waals surface area (Å²) in [5, 5.41) is 9.49. The second kappa shape index (κ2) is 6.31. The van der Waals surface area contributed by atoms with E-state index in [1.807, 2.05) is 30.0 Å². The maximum absolute atomic E-state index is 4.39. The van der Waals surface area contributed by atoms with E-state index >= 15 is 0 Å². The molecule has 2 aromatic carbocycles. The van der Waals surface area contributed by atoms with Gasteiger partial charge in [-0.1, -0.05) is 61.5 Å². The standard InChI is InChI=1S/C17H19N3S/c1-13(2)21-17(12-14-8-4-3-5-9-14)20-16-11-7-6-10-15(16)18-19-20/h3-11,13,17H,12H2,1-2H3. The van der Waals surface area contributed by atoms with Crippen molar-refractivity contribution in [1.82, 2.24) is 15.0 Å². The van der Waals surface area contributed by atoms with Gasteiger partial charge in [0.05, 0.1) is 5.52 Å². The maximum atomic E-state index is 4.39. The highest BCUT2D eigenvalue weighted by Gasteiger charge is 2.18. The summed E-state index contributed by atoms with van der Waals surface area (Å²) in [6, 6.07) is 18.7. The Kier molecular flexibility index (Phi) is 4.25. The van der Waals surface area contributed by atoms with E-state index < -0.39 is 0 Å². The lowest BCUT2D eigenvalue weighted by molar-refractivity contribution is 0.589. The van der Waals surface area contributed by atoms with E-state index in [0.29, 0.717) is 5.25 Å². The van der Waals surface area contributed by atoms with Crippen LogP contribution in [-0.4, -0.2) is 20.2 Å². The largest absolute Gasteiger partial charge is 0.231 e. The third-order valence-electron chi connectivity index (χ3n) is 3.33. The molecule has 3 rings (SSSR count). The molecule has 0 aliphatic rings. The predicted molar refractivity (Wildman–Crippen MR) is 89.4 cm³/mol. The van der Waals surface area contributed by atoms with Crippen LogP contribution in [0.25, 0.3) is 11.0 Å². The van der Waals surface area contributed by atoms with Gasteiger partial charge in [0.15, 0.2) is 0 Å². The van der Waals surface area contributed by atoms with Crippen molar-refractivity contribution >= 4 is 22.8 Å². The molecule has 4 heteroatoms. The molecule has 3 nitrogen and oxygen atoms in total. The quantitative estimate of drug-likeness (QED) is 0.703. The lowest BCUT2D eigenvalue weighted by Gasteiger charge is -2.19. The highest BCUT2D eigenvalue weighted by atomic mass is 32.2. The Labute approximate surface area is 129 Å². The second-order valence-electron chi connectivity index (χ2n) is 5.35. The molecule has 1 unspecified atom stereocenters. The molecule has 0 radical (unpaired) electrons. The van der Waals surface area contributed by atoms with Crippen molar-refractivity contribution in [3.63, 3.8) is 0 Å². The fourth-order valence-corrected chi connectivity index (χ4v) is 3.61. The van der Waals surface area contributed by atoms with Crippen molar-refractivity contribution in [2.45, 2.75) is 30.9 Å². The smallest absolute Gasteiger partial charge is 0.113 e. The lowest BCUT2D eigenvalue weighted by atomic mass is 10.1. The van der Waals surface area contributed by atoms with E-state index in [9.17, 15) is 0 Å². The van der Waals surface area contributed by atoms with E-state index in [2.05, 4.69) is 65.2 Å². The number of aromatic nitrogens is 3. The summed E-state index contributed by atoms with van der Waals surface area (Å²) in [5.41, 5.74) is 3.39. The van der Waals surface area contributed by atoms with E-state index in [1.54, 1.807) is 0 Å². The zero-order chi connectivity index (χ0) is 14.7. The third-order valence-corrected chi connectivity index (χ3v) is 4.56. The van der Waals surface area contributed by atoms with Crippen molar-refractivity contribution in [3.05, 3.63) is 60.2 Å². The molecule has 0 saturated carbocycles. The number of hydrogen-bond acceptors (Lipinski definition) is 3. The fourth-order valence-electron chi connectivity index (χ4n) is 2.42. The lowest BCUT2D eigenvalue weighted by Crippen LogP contribution is -2.12. The first-order valence-electron chi connectivity index (χ1n) is 7.23. The van der Waals surface area contributed by atoms with E-state index in [1.165, 1.54) is 5.56 Å². The molecule has 1 aromatic heterocycles. The fraction of sp³-hybridized carbons (Fsp3) is 0.294.